The van der Waals surface area contributed by atoms with E-state index in [1.54, 1.807) is 0 Å². The molecule has 0 bridgehead atoms. The summed E-state index contributed by atoms with van der Waals surface area (Å²) in [4.78, 5) is 4.72. The fraction of sp³-hybridized carbons (Fsp3) is 0.0492. The summed E-state index contributed by atoms with van der Waals surface area (Å²) in [5.41, 5.74) is 17.7. The van der Waals surface area contributed by atoms with Gasteiger partial charge in [-0.05, 0) is 130 Å². The van der Waals surface area contributed by atoms with Gasteiger partial charge < -0.3 is 14.2 Å². The van der Waals surface area contributed by atoms with Gasteiger partial charge in [-0.3, -0.25) is 0 Å². The molecule has 1 aliphatic carbocycles. The summed E-state index contributed by atoms with van der Waals surface area (Å²) in [6, 6.07) is 69.6. The number of benzene rings is 8. The summed E-state index contributed by atoms with van der Waals surface area (Å²) in [6.07, 6.45) is 15.4. The Hall–Kier alpha value is -8.14. The Morgan fingerprint density at radius 1 is 0.531 bits per heavy atom. The Balaban J connectivity index is 0.933. The number of rotatable bonds is 10. The van der Waals surface area contributed by atoms with Crippen LogP contribution in [0.25, 0.3) is 60.9 Å². The molecule has 1 aromatic heterocycles. The lowest BCUT2D eigenvalue weighted by atomic mass is 9.91. The molecule has 0 radical (unpaired) electrons. The molecule has 0 saturated carbocycles. The molecule has 3 heteroatoms. The van der Waals surface area contributed by atoms with Crippen molar-refractivity contribution < 1.29 is 4.42 Å². The SMILES string of the molecule is C=C(/C=C\C(=C/C)c1ccccc1)N(c1ccc(-c2ccccc2)cc1)c1cccc(-c2cccc(-c3ccc4oc5ccc(N6c7ccccc7C7C=CC=CC76)cc5c4c3)c2)c1. The fourth-order valence-electron chi connectivity index (χ4n) is 9.55. The van der Waals surface area contributed by atoms with Crippen LogP contribution in [0.4, 0.5) is 22.7 Å². The lowest BCUT2D eigenvalue weighted by Gasteiger charge is -2.28. The molecule has 0 saturated heterocycles. The molecule has 0 fully saturated rings. The highest BCUT2D eigenvalue weighted by atomic mass is 16.3. The highest BCUT2D eigenvalue weighted by molar-refractivity contribution is 6.08. The van der Waals surface area contributed by atoms with E-state index in [0.29, 0.717) is 5.92 Å². The van der Waals surface area contributed by atoms with Crippen molar-refractivity contribution in [3.8, 4) is 33.4 Å². The Kier molecular flexibility index (Phi) is 10.1. The second kappa shape index (κ2) is 16.6. The van der Waals surface area contributed by atoms with E-state index < -0.39 is 0 Å². The number of nitrogens with zero attached hydrogens (tertiary/aromatic N) is 2. The van der Waals surface area contributed by atoms with Crippen LogP contribution in [0.1, 0.15) is 24.0 Å². The zero-order valence-corrected chi connectivity index (χ0v) is 35.7. The average molecular weight is 823 g/mol. The number of fused-ring (bicyclic) bond motifs is 6. The van der Waals surface area contributed by atoms with Crippen LogP contribution in [0, 0.1) is 0 Å². The van der Waals surface area contributed by atoms with Gasteiger partial charge in [-0.15, -0.1) is 0 Å². The number of furan rings is 1. The van der Waals surface area contributed by atoms with E-state index in [9.17, 15) is 0 Å². The number of allylic oxidation sites excluding steroid dienone is 6. The first-order valence-corrected chi connectivity index (χ1v) is 22.0. The van der Waals surface area contributed by atoms with Gasteiger partial charge in [0, 0.05) is 45.1 Å². The monoisotopic (exact) mass is 822 g/mol. The molecule has 2 unspecified atom stereocenters. The maximum absolute atomic E-state index is 6.45. The highest BCUT2D eigenvalue weighted by Crippen LogP contribution is 2.48. The van der Waals surface area contributed by atoms with E-state index in [1.165, 1.54) is 33.6 Å². The second-order valence-electron chi connectivity index (χ2n) is 16.5. The van der Waals surface area contributed by atoms with Crippen LogP contribution in [0.15, 0.2) is 253 Å². The molecule has 64 heavy (non-hydrogen) atoms. The summed E-state index contributed by atoms with van der Waals surface area (Å²) in [5.74, 6) is 0.333. The van der Waals surface area contributed by atoms with Gasteiger partial charge in [0.15, 0.2) is 0 Å². The highest BCUT2D eigenvalue weighted by Gasteiger charge is 2.37. The topological polar surface area (TPSA) is 19.6 Å². The third kappa shape index (κ3) is 7.17. The molecule has 306 valence electrons. The Morgan fingerprint density at radius 3 is 1.92 bits per heavy atom. The van der Waals surface area contributed by atoms with Gasteiger partial charge >= 0.3 is 0 Å². The third-order valence-corrected chi connectivity index (χ3v) is 12.7. The Labute approximate surface area is 375 Å². The van der Waals surface area contributed by atoms with Crippen molar-refractivity contribution in [1.82, 2.24) is 0 Å². The van der Waals surface area contributed by atoms with Gasteiger partial charge in [-0.25, -0.2) is 0 Å². The van der Waals surface area contributed by atoms with Crippen LogP contribution in [0.5, 0.6) is 0 Å². The molecule has 11 rings (SSSR count). The standard InChI is InChI=1S/C61H46N2O/c1-3-43(44-16-6-4-7-17-44)29-28-42(2)62(51-33-30-46(31-34-51)45-18-8-5-9-19-45)52-23-15-22-49(39-52)47-20-14-21-48(38-47)50-32-36-60-56(40-50)57-41-53(35-37-61(57)64-60)63-58-26-12-10-24-54(58)55-25-11-13-27-59(55)63/h3-41,54,58H,2H2,1H3/b29-28-,43-3+. The van der Waals surface area contributed by atoms with Gasteiger partial charge in [0.05, 0.1) is 6.04 Å². The van der Waals surface area contributed by atoms with Crippen LogP contribution in [0.3, 0.4) is 0 Å². The Bertz CT molecular complexity index is 3310. The normalized spacial score (nSPS) is 15.5. The van der Waals surface area contributed by atoms with Gasteiger partial charge in [-0.2, -0.15) is 0 Å². The lowest BCUT2D eigenvalue weighted by Crippen LogP contribution is -2.28. The van der Waals surface area contributed by atoms with Gasteiger partial charge in [-0.1, -0.05) is 170 Å². The molecule has 2 aliphatic rings. The van der Waals surface area contributed by atoms with Crippen LogP contribution in [-0.2, 0) is 0 Å². The van der Waals surface area contributed by atoms with Crippen LogP contribution in [0.2, 0.25) is 0 Å². The third-order valence-electron chi connectivity index (χ3n) is 12.7. The first-order valence-electron chi connectivity index (χ1n) is 22.0. The van der Waals surface area contributed by atoms with Gasteiger partial charge in [0.25, 0.3) is 0 Å². The molecule has 0 amide bonds. The summed E-state index contributed by atoms with van der Waals surface area (Å²) in [7, 11) is 0. The minimum atomic E-state index is 0.238. The summed E-state index contributed by atoms with van der Waals surface area (Å²) < 4.78 is 6.45. The van der Waals surface area contributed by atoms with E-state index in [1.807, 2.05) is 6.07 Å². The maximum atomic E-state index is 6.45. The molecular formula is C61H46N2O. The molecule has 8 aromatic carbocycles. The van der Waals surface area contributed by atoms with Crippen molar-refractivity contribution in [3.05, 3.63) is 260 Å². The first-order chi connectivity index (χ1) is 31.6. The first kappa shape index (κ1) is 38.8. The zero-order chi connectivity index (χ0) is 43.0. The van der Waals surface area contributed by atoms with E-state index >= 15 is 0 Å². The molecule has 0 spiro atoms. The van der Waals surface area contributed by atoms with Crippen molar-refractivity contribution in [2.75, 3.05) is 9.80 Å². The maximum Gasteiger partial charge on any atom is 0.135 e. The van der Waals surface area contributed by atoms with E-state index in [0.717, 1.165) is 66.8 Å². The van der Waals surface area contributed by atoms with E-state index in [4.69, 9.17) is 4.42 Å². The predicted molar refractivity (Wildman–Crippen MR) is 270 cm³/mol. The zero-order valence-electron chi connectivity index (χ0n) is 35.7. The molecule has 1 aliphatic heterocycles. The minimum absolute atomic E-state index is 0.238. The molecule has 9 aromatic rings. The quantitative estimate of drug-likeness (QED) is 0.128. The molecule has 0 N–H and O–H groups in total. The largest absolute Gasteiger partial charge is 0.456 e. The summed E-state index contributed by atoms with van der Waals surface area (Å²) in [5, 5.41) is 2.23. The molecule has 2 atom stereocenters. The van der Waals surface area contributed by atoms with Crippen molar-refractivity contribution >= 4 is 50.3 Å². The summed E-state index contributed by atoms with van der Waals surface area (Å²) in [6.45, 7) is 6.72. The lowest BCUT2D eigenvalue weighted by molar-refractivity contribution is 0.669. The van der Waals surface area contributed by atoms with Crippen molar-refractivity contribution in [2.24, 2.45) is 0 Å². The van der Waals surface area contributed by atoms with Crippen LogP contribution < -0.4 is 9.80 Å². The molecule has 2 heterocycles. The summed E-state index contributed by atoms with van der Waals surface area (Å²) >= 11 is 0. The van der Waals surface area contributed by atoms with Crippen molar-refractivity contribution in [1.29, 1.82) is 0 Å². The second-order valence-corrected chi connectivity index (χ2v) is 16.5. The van der Waals surface area contributed by atoms with Crippen molar-refractivity contribution in [3.63, 3.8) is 0 Å². The number of hydrogen-bond acceptors (Lipinski definition) is 3. The Morgan fingerprint density at radius 2 is 1.14 bits per heavy atom. The number of anilines is 4. The molecular weight excluding hydrogens is 777 g/mol. The smallest absolute Gasteiger partial charge is 0.135 e. The average Bonchev–Trinajstić information content (AvgIpc) is 3.90. The van der Waals surface area contributed by atoms with Gasteiger partial charge in [0.2, 0.25) is 0 Å². The van der Waals surface area contributed by atoms with Crippen LogP contribution >= 0.6 is 0 Å². The molecule has 3 nitrogen and oxygen atoms in total. The number of hydrogen-bond donors (Lipinski definition) is 0. The van der Waals surface area contributed by atoms with Crippen molar-refractivity contribution in [2.45, 2.75) is 18.9 Å². The fourth-order valence-corrected chi connectivity index (χ4v) is 9.55. The van der Waals surface area contributed by atoms with Gasteiger partial charge in [0.1, 0.15) is 11.2 Å². The number of para-hydroxylation sites is 1. The van der Waals surface area contributed by atoms with Crippen LogP contribution in [-0.4, -0.2) is 6.04 Å². The predicted octanol–water partition coefficient (Wildman–Crippen LogP) is 16.6. The van der Waals surface area contributed by atoms with E-state index in [-0.39, 0.29) is 6.04 Å². The minimum Gasteiger partial charge on any atom is -0.456 e. The van der Waals surface area contributed by atoms with E-state index in [2.05, 4.69) is 254 Å².